The Morgan fingerprint density at radius 3 is 2.52 bits per heavy atom. The average Bonchev–Trinajstić information content (AvgIpc) is 3.64. The third-order valence-electron chi connectivity index (χ3n) is 5.99. The molecule has 1 heterocycles. The Kier molecular flexibility index (Phi) is 6.04. The second-order valence-electron chi connectivity index (χ2n) is 8.25. The first kappa shape index (κ1) is 21.1. The molecule has 0 aromatic heterocycles. The fourth-order valence-electron chi connectivity index (χ4n) is 4.08. The number of carbonyl (C=O) groups excluding carboxylic acids is 3. The predicted molar refractivity (Wildman–Crippen MR) is 117 cm³/mol. The van der Waals surface area contributed by atoms with E-state index in [2.05, 4.69) is 10.6 Å². The molecule has 3 N–H and O–H groups in total. The summed E-state index contributed by atoms with van der Waals surface area (Å²) < 4.78 is 0. The SMILES string of the molecule is O=C(NCC(O)(c1ccccc1)C1CC1)C(=O)Nc1cccc(N2CCCCC2=O)c1. The normalized spacial score (nSPS) is 18.2. The number of rotatable bonds is 6. The van der Waals surface area contributed by atoms with Gasteiger partial charge in [0.15, 0.2) is 0 Å². The standard InChI is InChI=1S/C24H27N3O4/c28-21-11-4-5-14-27(21)20-10-6-9-19(15-20)26-23(30)22(29)25-16-24(31,18-12-13-18)17-7-2-1-3-8-17/h1-3,6-10,15,18,31H,4-5,11-14,16H2,(H,25,29)(H,26,30). The topological polar surface area (TPSA) is 98.7 Å². The Hall–Kier alpha value is -3.19. The molecular formula is C24H27N3O4. The molecule has 31 heavy (non-hydrogen) atoms. The van der Waals surface area contributed by atoms with Gasteiger partial charge in [-0.15, -0.1) is 0 Å². The van der Waals surface area contributed by atoms with Crippen molar-refractivity contribution in [1.29, 1.82) is 0 Å². The summed E-state index contributed by atoms with van der Waals surface area (Å²) in [5.74, 6) is -1.49. The van der Waals surface area contributed by atoms with Crippen molar-refractivity contribution in [2.45, 2.75) is 37.7 Å². The van der Waals surface area contributed by atoms with Crippen LogP contribution in [0.15, 0.2) is 54.6 Å². The first-order chi connectivity index (χ1) is 15.0. The smallest absolute Gasteiger partial charge is 0.313 e. The highest BCUT2D eigenvalue weighted by molar-refractivity contribution is 6.39. The zero-order valence-corrected chi connectivity index (χ0v) is 17.3. The van der Waals surface area contributed by atoms with E-state index in [-0.39, 0.29) is 18.4 Å². The van der Waals surface area contributed by atoms with Crippen molar-refractivity contribution in [2.24, 2.45) is 5.92 Å². The van der Waals surface area contributed by atoms with Crippen LogP contribution in [0, 0.1) is 5.92 Å². The molecule has 2 aliphatic rings. The number of hydrogen-bond donors (Lipinski definition) is 3. The number of anilines is 2. The van der Waals surface area contributed by atoms with Crippen molar-refractivity contribution in [3.63, 3.8) is 0 Å². The van der Waals surface area contributed by atoms with Gasteiger partial charge < -0.3 is 20.6 Å². The van der Waals surface area contributed by atoms with Crippen molar-refractivity contribution in [3.8, 4) is 0 Å². The minimum atomic E-state index is -1.19. The lowest BCUT2D eigenvalue weighted by Gasteiger charge is -2.29. The second kappa shape index (κ2) is 8.89. The summed E-state index contributed by atoms with van der Waals surface area (Å²) in [6.45, 7) is 0.617. The molecule has 1 saturated heterocycles. The molecule has 0 radical (unpaired) electrons. The largest absolute Gasteiger partial charge is 0.383 e. The van der Waals surface area contributed by atoms with Gasteiger partial charge in [0.05, 0.1) is 6.54 Å². The molecule has 1 atom stereocenters. The highest BCUT2D eigenvalue weighted by Crippen LogP contribution is 2.45. The van der Waals surface area contributed by atoms with Gasteiger partial charge in [-0.2, -0.15) is 0 Å². The van der Waals surface area contributed by atoms with Gasteiger partial charge in [-0.05, 0) is 55.4 Å². The highest BCUT2D eigenvalue weighted by Gasteiger charge is 2.45. The molecule has 4 rings (SSSR count). The van der Waals surface area contributed by atoms with Gasteiger partial charge >= 0.3 is 11.8 Å². The molecule has 162 valence electrons. The quantitative estimate of drug-likeness (QED) is 0.625. The summed E-state index contributed by atoms with van der Waals surface area (Å²) >= 11 is 0. The van der Waals surface area contributed by atoms with Crippen LogP contribution >= 0.6 is 0 Å². The number of amides is 3. The van der Waals surface area contributed by atoms with E-state index >= 15 is 0 Å². The van der Waals surface area contributed by atoms with Gasteiger partial charge in [-0.3, -0.25) is 14.4 Å². The molecule has 2 aromatic rings. The van der Waals surface area contributed by atoms with Gasteiger partial charge in [0.25, 0.3) is 0 Å². The fourth-order valence-corrected chi connectivity index (χ4v) is 4.08. The van der Waals surface area contributed by atoms with Gasteiger partial charge in [0.2, 0.25) is 5.91 Å². The number of carbonyl (C=O) groups is 3. The first-order valence-corrected chi connectivity index (χ1v) is 10.7. The summed E-state index contributed by atoms with van der Waals surface area (Å²) in [7, 11) is 0. The number of nitrogens with zero attached hydrogens (tertiary/aromatic N) is 1. The molecular weight excluding hydrogens is 394 g/mol. The van der Waals surface area contributed by atoms with Gasteiger partial charge in [-0.25, -0.2) is 0 Å². The summed E-state index contributed by atoms with van der Waals surface area (Å²) in [5, 5.41) is 16.3. The number of piperidine rings is 1. The number of nitrogens with one attached hydrogen (secondary N) is 2. The predicted octanol–water partition coefficient (Wildman–Crippen LogP) is 2.56. The van der Waals surface area contributed by atoms with Crippen LogP contribution in [0.3, 0.4) is 0 Å². The lowest BCUT2D eigenvalue weighted by Crippen LogP contribution is -2.45. The van der Waals surface area contributed by atoms with E-state index in [1.165, 1.54) is 0 Å². The van der Waals surface area contributed by atoms with E-state index in [0.717, 1.165) is 31.2 Å². The van der Waals surface area contributed by atoms with Crippen molar-refractivity contribution in [3.05, 3.63) is 60.2 Å². The zero-order chi connectivity index (χ0) is 21.8. The molecule has 1 aliphatic carbocycles. The number of benzene rings is 2. The Bertz CT molecular complexity index is 974. The van der Waals surface area contributed by atoms with Crippen molar-refractivity contribution >= 4 is 29.1 Å². The van der Waals surface area contributed by atoms with Crippen LogP contribution in [-0.4, -0.2) is 35.9 Å². The van der Waals surface area contributed by atoms with Crippen LogP contribution in [0.25, 0.3) is 0 Å². The number of hydrogen-bond acceptors (Lipinski definition) is 4. The summed E-state index contributed by atoms with van der Waals surface area (Å²) in [6, 6.07) is 16.1. The second-order valence-corrected chi connectivity index (χ2v) is 8.25. The summed E-state index contributed by atoms with van der Waals surface area (Å²) in [5.41, 5.74) is 0.690. The third-order valence-corrected chi connectivity index (χ3v) is 5.99. The maximum atomic E-state index is 12.4. The fraction of sp³-hybridized carbons (Fsp3) is 0.375. The van der Waals surface area contributed by atoms with Gasteiger partial charge in [0, 0.05) is 24.3 Å². The lowest BCUT2D eigenvalue weighted by molar-refractivity contribution is -0.137. The van der Waals surface area contributed by atoms with Crippen LogP contribution in [0.1, 0.15) is 37.7 Å². The molecule has 7 nitrogen and oxygen atoms in total. The van der Waals surface area contributed by atoms with Crippen molar-refractivity contribution in [2.75, 3.05) is 23.3 Å². The molecule has 0 bridgehead atoms. The molecule has 2 aromatic carbocycles. The van der Waals surface area contributed by atoms with Gasteiger partial charge in [0.1, 0.15) is 5.60 Å². The van der Waals surface area contributed by atoms with Crippen molar-refractivity contribution in [1.82, 2.24) is 5.32 Å². The van der Waals surface area contributed by atoms with E-state index in [9.17, 15) is 19.5 Å². The van der Waals surface area contributed by atoms with E-state index in [1.807, 2.05) is 36.4 Å². The first-order valence-electron chi connectivity index (χ1n) is 10.7. The molecule has 1 saturated carbocycles. The molecule has 1 unspecified atom stereocenters. The van der Waals surface area contributed by atoms with E-state index in [0.29, 0.717) is 24.3 Å². The Labute approximate surface area is 181 Å². The third kappa shape index (κ3) is 4.77. The van der Waals surface area contributed by atoms with E-state index in [1.54, 1.807) is 23.1 Å². The zero-order valence-electron chi connectivity index (χ0n) is 17.3. The molecule has 3 amide bonds. The monoisotopic (exact) mass is 421 g/mol. The number of aliphatic hydroxyl groups is 1. The highest BCUT2D eigenvalue weighted by atomic mass is 16.3. The molecule has 0 spiro atoms. The summed E-state index contributed by atoms with van der Waals surface area (Å²) in [6.07, 6.45) is 4.12. The Balaban J connectivity index is 1.38. The minimum absolute atomic E-state index is 0.0315. The maximum Gasteiger partial charge on any atom is 0.313 e. The average molecular weight is 421 g/mol. The lowest BCUT2D eigenvalue weighted by atomic mass is 9.88. The van der Waals surface area contributed by atoms with E-state index < -0.39 is 17.4 Å². The van der Waals surface area contributed by atoms with Crippen molar-refractivity contribution < 1.29 is 19.5 Å². The maximum absolute atomic E-state index is 12.4. The summed E-state index contributed by atoms with van der Waals surface area (Å²) in [4.78, 5) is 38.7. The van der Waals surface area contributed by atoms with Crippen LogP contribution in [0.4, 0.5) is 11.4 Å². The van der Waals surface area contributed by atoms with Crippen LogP contribution < -0.4 is 15.5 Å². The molecule has 1 aliphatic heterocycles. The molecule has 7 heteroatoms. The van der Waals surface area contributed by atoms with Crippen LogP contribution in [0.5, 0.6) is 0 Å². The Morgan fingerprint density at radius 1 is 1.03 bits per heavy atom. The Morgan fingerprint density at radius 2 is 1.81 bits per heavy atom. The van der Waals surface area contributed by atoms with Crippen LogP contribution in [-0.2, 0) is 20.0 Å². The van der Waals surface area contributed by atoms with Gasteiger partial charge in [-0.1, -0.05) is 36.4 Å². The van der Waals surface area contributed by atoms with Crippen LogP contribution in [0.2, 0.25) is 0 Å². The minimum Gasteiger partial charge on any atom is -0.383 e. The van der Waals surface area contributed by atoms with E-state index in [4.69, 9.17) is 0 Å². The molecule has 2 fully saturated rings.